The quantitative estimate of drug-likeness (QED) is 0.803. The molecular weight excluding hydrogens is 196 g/mol. The highest BCUT2D eigenvalue weighted by Gasteiger charge is 2.27. The van der Waals surface area contributed by atoms with Crippen molar-refractivity contribution in [1.29, 1.82) is 0 Å². The largest absolute Gasteiger partial charge is 0.468 e. The van der Waals surface area contributed by atoms with Crippen LogP contribution >= 0.6 is 11.8 Å². The average Bonchev–Trinajstić information content (AvgIpc) is 2.70. The smallest absolute Gasteiger partial charge is 0.122 e. The van der Waals surface area contributed by atoms with Crippen LogP contribution in [0.4, 0.5) is 0 Å². The van der Waals surface area contributed by atoms with E-state index in [9.17, 15) is 0 Å². The lowest BCUT2D eigenvalue weighted by Crippen LogP contribution is -2.46. The highest BCUT2D eigenvalue weighted by Crippen LogP contribution is 2.24. The first kappa shape index (κ1) is 10.1. The van der Waals surface area contributed by atoms with E-state index in [1.807, 2.05) is 23.9 Å². The van der Waals surface area contributed by atoms with Crippen LogP contribution in [-0.4, -0.2) is 36.0 Å². The minimum absolute atomic E-state index is 0.00259. The lowest BCUT2D eigenvalue weighted by atomic mass is 10.1. The molecule has 14 heavy (non-hydrogen) atoms. The van der Waals surface area contributed by atoms with Gasteiger partial charge in [-0.15, -0.1) is 0 Å². The summed E-state index contributed by atoms with van der Waals surface area (Å²) in [6.45, 7) is 1.11. The molecule has 0 aliphatic carbocycles. The Labute approximate surface area is 88.6 Å². The van der Waals surface area contributed by atoms with Crippen LogP contribution < -0.4 is 5.73 Å². The van der Waals surface area contributed by atoms with Gasteiger partial charge >= 0.3 is 0 Å². The summed E-state index contributed by atoms with van der Waals surface area (Å²) < 4.78 is 5.34. The molecule has 1 aromatic rings. The molecule has 2 atom stereocenters. The van der Waals surface area contributed by atoms with E-state index in [2.05, 4.69) is 11.9 Å². The van der Waals surface area contributed by atoms with Gasteiger partial charge in [0.2, 0.25) is 0 Å². The maximum Gasteiger partial charge on any atom is 0.122 e. The fraction of sp³-hybridized carbons (Fsp3) is 0.600. The second-order valence-electron chi connectivity index (χ2n) is 3.66. The minimum atomic E-state index is 0.00259. The van der Waals surface area contributed by atoms with Gasteiger partial charge in [-0.1, -0.05) is 0 Å². The summed E-state index contributed by atoms with van der Waals surface area (Å²) in [4.78, 5) is 2.32. The van der Waals surface area contributed by atoms with Gasteiger partial charge in [0.25, 0.3) is 0 Å². The molecule has 0 bridgehead atoms. The molecule has 2 heterocycles. The molecule has 1 aliphatic heterocycles. The number of nitrogens with zero attached hydrogens (tertiary/aromatic N) is 1. The third-order valence-corrected chi connectivity index (χ3v) is 3.78. The Bertz CT molecular complexity index is 276. The van der Waals surface area contributed by atoms with E-state index in [1.54, 1.807) is 6.26 Å². The summed E-state index contributed by atoms with van der Waals surface area (Å²) in [6, 6.07) is 4.26. The van der Waals surface area contributed by atoms with Gasteiger partial charge in [-0.25, -0.2) is 0 Å². The first-order chi connectivity index (χ1) is 6.79. The van der Waals surface area contributed by atoms with Crippen molar-refractivity contribution in [2.75, 3.05) is 25.1 Å². The van der Waals surface area contributed by atoms with Crippen molar-refractivity contribution in [3.63, 3.8) is 0 Å². The number of likely N-dealkylation sites (N-methyl/N-ethyl adjacent to an activating group) is 1. The Morgan fingerprint density at radius 1 is 1.71 bits per heavy atom. The van der Waals surface area contributed by atoms with Gasteiger partial charge in [-0.3, -0.25) is 4.90 Å². The van der Waals surface area contributed by atoms with Gasteiger partial charge in [-0.2, -0.15) is 11.8 Å². The van der Waals surface area contributed by atoms with E-state index in [4.69, 9.17) is 10.2 Å². The molecular formula is C10H16N2OS. The molecule has 2 rings (SSSR count). The molecule has 3 nitrogen and oxygen atoms in total. The highest BCUT2D eigenvalue weighted by molar-refractivity contribution is 7.99. The fourth-order valence-corrected chi connectivity index (χ4v) is 3.04. The van der Waals surface area contributed by atoms with Crippen LogP contribution in [0.3, 0.4) is 0 Å². The zero-order valence-electron chi connectivity index (χ0n) is 8.35. The summed E-state index contributed by atoms with van der Waals surface area (Å²) in [7, 11) is 2.13. The van der Waals surface area contributed by atoms with Crippen LogP contribution in [0, 0.1) is 0 Å². The molecule has 0 saturated carbocycles. The van der Waals surface area contributed by atoms with Crippen LogP contribution in [0.1, 0.15) is 11.8 Å². The first-order valence-corrected chi connectivity index (χ1v) is 6.01. The van der Waals surface area contributed by atoms with Crippen molar-refractivity contribution in [3.05, 3.63) is 24.2 Å². The lowest BCUT2D eigenvalue weighted by Gasteiger charge is -2.35. The molecule has 0 amide bonds. The predicted molar refractivity (Wildman–Crippen MR) is 59.4 cm³/mol. The molecule has 1 saturated heterocycles. The Hall–Kier alpha value is -0.450. The summed E-state index contributed by atoms with van der Waals surface area (Å²) in [5, 5.41) is 0. The zero-order chi connectivity index (χ0) is 9.97. The molecule has 1 aliphatic rings. The van der Waals surface area contributed by atoms with Gasteiger partial charge in [-0.05, 0) is 19.2 Å². The van der Waals surface area contributed by atoms with Gasteiger partial charge in [0, 0.05) is 24.1 Å². The van der Waals surface area contributed by atoms with Gasteiger partial charge in [0.15, 0.2) is 0 Å². The van der Waals surface area contributed by atoms with E-state index in [0.29, 0.717) is 6.04 Å². The Morgan fingerprint density at radius 3 is 3.21 bits per heavy atom. The maximum atomic E-state index is 6.16. The lowest BCUT2D eigenvalue weighted by molar-refractivity contribution is 0.223. The normalized spacial score (nSPS) is 26.3. The van der Waals surface area contributed by atoms with E-state index in [1.165, 1.54) is 5.75 Å². The molecule has 78 valence electrons. The first-order valence-electron chi connectivity index (χ1n) is 4.86. The maximum absolute atomic E-state index is 6.16. The molecule has 0 radical (unpaired) electrons. The molecule has 0 aromatic carbocycles. The van der Waals surface area contributed by atoms with Gasteiger partial charge in [0.05, 0.1) is 12.3 Å². The van der Waals surface area contributed by atoms with E-state index in [0.717, 1.165) is 18.1 Å². The van der Waals surface area contributed by atoms with Gasteiger partial charge in [0.1, 0.15) is 5.76 Å². The molecule has 4 heteroatoms. The van der Waals surface area contributed by atoms with Crippen LogP contribution in [0.25, 0.3) is 0 Å². The van der Waals surface area contributed by atoms with Crippen molar-refractivity contribution < 1.29 is 4.42 Å². The molecule has 1 fully saturated rings. The second-order valence-corrected chi connectivity index (χ2v) is 4.81. The Morgan fingerprint density at radius 2 is 2.57 bits per heavy atom. The van der Waals surface area contributed by atoms with Crippen LogP contribution in [0.5, 0.6) is 0 Å². The van der Waals surface area contributed by atoms with Crippen molar-refractivity contribution in [2.24, 2.45) is 5.73 Å². The molecule has 0 spiro atoms. The molecule has 2 N–H and O–H groups in total. The standard InChI is InChI=1S/C10H16N2OS/c1-12-4-6-14-7-8(12)10(11)9-3-2-5-13-9/h2-3,5,8,10H,4,6-7,11H2,1H3. The van der Waals surface area contributed by atoms with Crippen LogP contribution in [0.15, 0.2) is 22.8 Å². The Kier molecular flexibility index (Phi) is 3.15. The van der Waals surface area contributed by atoms with Crippen molar-refractivity contribution in [1.82, 2.24) is 4.90 Å². The highest BCUT2D eigenvalue weighted by atomic mass is 32.2. The number of hydrogen-bond acceptors (Lipinski definition) is 4. The fourth-order valence-electron chi connectivity index (χ4n) is 1.75. The summed E-state index contributed by atoms with van der Waals surface area (Å²) >= 11 is 1.97. The number of furan rings is 1. The van der Waals surface area contributed by atoms with Crippen molar-refractivity contribution in [2.45, 2.75) is 12.1 Å². The topological polar surface area (TPSA) is 42.4 Å². The summed E-state index contributed by atoms with van der Waals surface area (Å²) in [5.41, 5.74) is 6.16. The van der Waals surface area contributed by atoms with E-state index < -0.39 is 0 Å². The summed E-state index contributed by atoms with van der Waals surface area (Å²) in [5.74, 6) is 3.19. The number of thioether (sulfide) groups is 1. The van der Waals surface area contributed by atoms with Crippen LogP contribution in [0.2, 0.25) is 0 Å². The van der Waals surface area contributed by atoms with E-state index >= 15 is 0 Å². The van der Waals surface area contributed by atoms with Gasteiger partial charge < -0.3 is 10.2 Å². The Balaban J connectivity index is 2.06. The van der Waals surface area contributed by atoms with Crippen molar-refractivity contribution >= 4 is 11.8 Å². The predicted octanol–water partition coefficient (Wildman–Crippen LogP) is 1.33. The minimum Gasteiger partial charge on any atom is -0.468 e. The average molecular weight is 212 g/mol. The van der Waals surface area contributed by atoms with Crippen molar-refractivity contribution in [3.8, 4) is 0 Å². The SMILES string of the molecule is CN1CCSCC1C(N)c1ccco1. The van der Waals surface area contributed by atoms with Crippen LogP contribution in [-0.2, 0) is 0 Å². The second kappa shape index (κ2) is 4.38. The molecule has 2 unspecified atom stereocenters. The number of hydrogen-bond donors (Lipinski definition) is 1. The molecule has 1 aromatic heterocycles. The third kappa shape index (κ3) is 1.97. The monoisotopic (exact) mass is 212 g/mol. The zero-order valence-corrected chi connectivity index (χ0v) is 9.17. The van der Waals surface area contributed by atoms with E-state index in [-0.39, 0.29) is 6.04 Å². The number of nitrogens with two attached hydrogens (primary N) is 1. The number of rotatable bonds is 2. The third-order valence-electron chi connectivity index (χ3n) is 2.73. The summed E-state index contributed by atoms with van der Waals surface area (Å²) in [6.07, 6.45) is 1.69.